The topological polar surface area (TPSA) is 50.4 Å². The number of fused-ring (bicyclic) bond motifs is 1. The average molecular weight is 163 g/mol. The lowest BCUT2D eigenvalue weighted by molar-refractivity contribution is 0.271. The third-order valence-electron chi connectivity index (χ3n) is 1.66. The van der Waals surface area contributed by atoms with Crippen molar-refractivity contribution in [2.45, 2.75) is 13.5 Å². The number of aliphatic hydroxyl groups is 1. The van der Waals surface area contributed by atoms with E-state index in [-0.39, 0.29) is 6.61 Å². The lowest BCUT2D eigenvalue weighted by Gasteiger charge is -1.91. The molecule has 0 spiro atoms. The Kier molecular flexibility index (Phi) is 1.55. The van der Waals surface area contributed by atoms with Crippen LogP contribution in [0.3, 0.4) is 0 Å². The van der Waals surface area contributed by atoms with Crippen LogP contribution in [0.5, 0.6) is 0 Å². The van der Waals surface area contributed by atoms with E-state index >= 15 is 0 Å². The van der Waals surface area contributed by atoms with Gasteiger partial charge in [-0.15, -0.1) is 5.10 Å². The molecule has 0 aliphatic rings. The van der Waals surface area contributed by atoms with Crippen LogP contribution in [-0.2, 0) is 6.61 Å². The first-order valence-corrected chi connectivity index (χ1v) is 3.72. The Bertz CT molecular complexity index is 408. The number of aliphatic hydroxyl groups excluding tert-OH is 1. The fourth-order valence-corrected chi connectivity index (χ4v) is 1.10. The van der Waals surface area contributed by atoms with E-state index in [4.69, 9.17) is 5.11 Å². The molecular weight excluding hydrogens is 154 g/mol. The summed E-state index contributed by atoms with van der Waals surface area (Å²) in [6.07, 6.45) is 1.88. The van der Waals surface area contributed by atoms with Gasteiger partial charge in [-0.2, -0.15) is 0 Å². The zero-order valence-corrected chi connectivity index (χ0v) is 6.73. The standard InChI is InChI=1S/C8H9N3O/c1-6-2-3-8-9-7(5-12)10-11(8)4-6/h2-4,12H,5H2,1H3. The van der Waals surface area contributed by atoms with E-state index in [1.165, 1.54) is 0 Å². The van der Waals surface area contributed by atoms with E-state index in [1.54, 1.807) is 4.52 Å². The molecule has 0 amide bonds. The smallest absolute Gasteiger partial charge is 0.177 e. The predicted octanol–water partition coefficient (Wildman–Crippen LogP) is 0.530. The zero-order valence-electron chi connectivity index (χ0n) is 6.73. The maximum atomic E-state index is 8.77. The molecule has 0 aliphatic carbocycles. The summed E-state index contributed by atoms with van der Waals surface area (Å²) in [5.74, 6) is 0.459. The summed E-state index contributed by atoms with van der Waals surface area (Å²) in [4.78, 5) is 4.07. The van der Waals surface area contributed by atoms with Crippen LogP contribution in [0.15, 0.2) is 18.3 Å². The second kappa shape index (κ2) is 2.57. The van der Waals surface area contributed by atoms with E-state index in [0.29, 0.717) is 5.82 Å². The highest BCUT2D eigenvalue weighted by atomic mass is 16.3. The molecule has 1 N–H and O–H groups in total. The van der Waals surface area contributed by atoms with Crippen molar-refractivity contribution in [3.63, 3.8) is 0 Å². The Hall–Kier alpha value is -1.42. The summed E-state index contributed by atoms with van der Waals surface area (Å²) in [6, 6.07) is 3.84. The molecule has 0 bridgehead atoms. The van der Waals surface area contributed by atoms with Crippen molar-refractivity contribution in [1.82, 2.24) is 14.6 Å². The third-order valence-corrected chi connectivity index (χ3v) is 1.66. The molecule has 62 valence electrons. The maximum absolute atomic E-state index is 8.77. The molecule has 0 saturated heterocycles. The van der Waals surface area contributed by atoms with Gasteiger partial charge in [0.25, 0.3) is 0 Å². The van der Waals surface area contributed by atoms with Crippen molar-refractivity contribution in [2.24, 2.45) is 0 Å². The van der Waals surface area contributed by atoms with Gasteiger partial charge < -0.3 is 5.11 Å². The van der Waals surface area contributed by atoms with E-state index in [1.807, 2.05) is 25.3 Å². The summed E-state index contributed by atoms with van der Waals surface area (Å²) in [5, 5.41) is 12.8. The highest BCUT2D eigenvalue weighted by Crippen LogP contribution is 2.03. The van der Waals surface area contributed by atoms with Gasteiger partial charge in [0.1, 0.15) is 6.61 Å². The molecule has 4 heteroatoms. The Labute approximate surface area is 69.5 Å². The van der Waals surface area contributed by atoms with E-state index in [0.717, 1.165) is 11.2 Å². The molecule has 0 aliphatic heterocycles. The van der Waals surface area contributed by atoms with E-state index < -0.39 is 0 Å². The first-order valence-electron chi connectivity index (χ1n) is 3.72. The Morgan fingerprint density at radius 1 is 1.50 bits per heavy atom. The minimum Gasteiger partial charge on any atom is -0.388 e. The zero-order chi connectivity index (χ0) is 8.55. The molecule has 0 fully saturated rings. The molecule has 2 aromatic rings. The molecule has 4 nitrogen and oxygen atoms in total. The molecule has 0 aromatic carbocycles. The van der Waals surface area contributed by atoms with Gasteiger partial charge in [-0.25, -0.2) is 9.50 Å². The number of rotatable bonds is 1. The molecule has 0 saturated carbocycles. The lowest BCUT2D eigenvalue weighted by atomic mass is 10.3. The van der Waals surface area contributed by atoms with Crippen molar-refractivity contribution >= 4 is 5.65 Å². The van der Waals surface area contributed by atoms with E-state index in [9.17, 15) is 0 Å². The number of aryl methyl sites for hydroxylation is 1. The van der Waals surface area contributed by atoms with Gasteiger partial charge in [0, 0.05) is 6.20 Å². The van der Waals surface area contributed by atoms with Gasteiger partial charge in [-0.3, -0.25) is 0 Å². The summed E-state index contributed by atoms with van der Waals surface area (Å²) in [7, 11) is 0. The Morgan fingerprint density at radius 2 is 2.33 bits per heavy atom. The van der Waals surface area contributed by atoms with Crippen LogP contribution in [0.25, 0.3) is 5.65 Å². The van der Waals surface area contributed by atoms with Crippen LogP contribution in [0.4, 0.5) is 0 Å². The molecule has 12 heavy (non-hydrogen) atoms. The second-order valence-corrected chi connectivity index (χ2v) is 2.70. The summed E-state index contributed by atoms with van der Waals surface area (Å²) >= 11 is 0. The number of nitrogens with zero attached hydrogens (tertiary/aromatic N) is 3. The molecule has 0 unspecified atom stereocenters. The first kappa shape index (κ1) is 7.24. The van der Waals surface area contributed by atoms with E-state index in [2.05, 4.69) is 10.1 Å². The minimum atomic E-state index is -0.110. The van der Waals surface area contributed by atoms with Gasteiger partial charge in [0.2, 0.25) is 0 Å². The van der Waals surface area contributed by atoms with Crippen molar-refractivity contribution in [3.05, 3.63) is 29.7 Å². The van der Waals surface area contributed by atoms with Crippen LogP contribution in [0.2, 0.25) is 0 Å². The summed E-state index contributed by atoms with van der Waals surface area (Å²) in [5.41, 5.74) is 1.89. The second-order valence-electron chi connectivity index (χ2n) is 2.70. The lowest BCUT2D eigenvalue weighted by Crippen LogP contribution is -1.89. The Morgan fingerprint density at radius 3 is 3.08 bits per heavy atom. The van der Waals surface area contributed by atoms with Gasteiger partial charge in [0.05, 0.1) is 0 Å². The van der Waals surface area contributed by atoms with Crippen LogP contribution < -0.4 is 0 Å². The monoisotopic (exact) mass is 163 g/mol. The molecule has 2 aromatic heterocycles. The third kappa shape index (κ3) is 1.06. The number of pyridine rings is 1. The molecular formula is C8H9N3O. The normalized spacial score (nSPS) is 10.8. The number of aromatic nitrogens is 3. The van der Waals surface area contributed by atoms with Gasteiger partial charge in [-0.1, -0.05) is 6.07 Å². The molecule has 0 atom stereocenters. The van der Waals surface area contributed by atoms with Gasteiger partial charge in [0.15, 0.2) is 11.5 Å². The number of hydrogen-bond donors (Lipinski definition) is 1. The van der Waals surface area contributed by atoms with Crippen molar-refractivity contribution in [2.75, 3.05) is 0 Å². The maximum Gasteiger partial charge on any atom is 0.177 e. The number of hydrogen-bond acceptors (Lipinski definition) is 3. The van der Waals surface area contributed by atoms with Crippen LogP contribution in [-0.4, -0.2) is 19.7 Å². The fraction of sp³-hybridized carbons (Fsp3) is 0.250. The SMILES string of the molecule is Cc1ccc2nc(CO)nn2c1. The van der Waals surface area contributed by atoms with Crippen molar-refractivity contribution < 1.29 is 5.11 Å². The fourth-order valence-electron chi connectivity index (χ4n) is 1.10. The summed E-state index contributed by atoms with van der Waals surface area (Å²) in [6.45, 7) is 1.88. The van der Waals surface area contributed by atoms with Crippen LogP contribution in [0, 0.1) is 6.92 Å². The van der Waals surface area contributed by atoms with Gasteiger partial charge >= 0.3 is 0 Å². The average Bonchev–Trinajstić information content (AvgIpc) is 2.46. The quantitative estimate of drug-likeness (QED) is 0.667. The predicted molar refractivity (Wildman–Crippen MR) is 43.6 cm³/mol. The molecule has 2 heterocycles. The molecule has 0 radical (unpaired) electrons. The minimum absolute atomic E-state index is 0.110. The largest absolute Gasteiger partial charge is 0.388 e. The van der Waals surface area contributed by atoms with Crippen molar-refractivity contribution in [1.29, 1.82) is 0 Å². The van der Waals surface area contributed by atoms with Crippen molar-refractivity contribution in [3.8, 4) is 0 Å². The summed E-state index contributed by atoms with van der Waals surface area (Å²) < 4.78 is 1.67. The van der Waals surface area contributed by atoms with Gasteiger partial charge in [-0.05, 0) is 18.6 Å². The molecule has 2 rings (SSSR count). The van der Waals surface area contributed by atoms with Crippen LogP contribution >= 0.6 is 0 Å². The highest BCUT2D eigenvalue weighted by Gasteiger charge is 2.00. The first-order chi connectivity index (χ1) is 5.79. The van der Waals surface area contributed by atoms with Crippen LogP contribution in [0.1, 0.15) is 11.4 Å². The highest BCUT2D eigenvalue weighted by molar-refractivity contribution is 5.38. The Balaban J connectivity index is 2.67.